The lowest BCUT2D eigenvalue weighted by molar-refractivity contribution is -0.133. The lowest BCUT2D eigenvalue weighted by Crippen LogP contribution is -2.50. The molecule has 1 aliphatic heterocycles. The number of aryl methyl sites for hydroxylation is 1. The van der Waals surface area contributed by atoms with Gasteiger partial charge in [0.05, 0.1) is 12.6 Å². The Morgan fingerprint density at radius 1 is 0.900 bits per heavy atom. The standard InChI is InChI=1S/C22H23F2N5O/c23-19-5-1-17(2-6-19)22(18-3-7-20(24)8-4-18)28-13-11-27(12-14-28)21(30)9-10-29-16-25-15-26-29/h1-8,15-16,22H,9-14H2. The van der Waals surface area contributed by atoms with Gasteiger partial charge in [0, 0.05) is 32.6 Å². The molecule has 2 aromatic carbocycles. The third kappa shape index (κ3) is 4.71. The van der Waals surface area contributed by atoms with Crippen LogP contribution < -0.4 is 0 Å². The molecule has 156 valence electrons. The molecule has 2 heterocycles. The first-order valence-electron chi connectivity index (χ1n) is 9.95. The quantitative estimate of drug-likeness (QED) is 0.626. The second-order valence-electron chi connectivity index (χ2n) is 7.33. The molecule has 1 amide bonds. The molecule has 0 bridgehead atoms. The Kier molecular flexibility index (Phi) is 6.13. The number of piperazine rings is 1. The minimum atomic E-state index is -0.292. The van der Waals surface area contributed by atoms with E-state index in [1.807, 2.05) is 4.90 Å². The van der Waals surface area contributed by atoms with Gasteiger partial charge in [0.15, 0.2) is 0 Å². The average Bonchev–Trinajstić information content (AvgIpc) is 3.29. The van der Waals surface area contributed by atoms with Crippen molar-refractivity contribution in [1.29, 1.82) is 0 Å². The predicted octanol–water partition coefficient (Wildman–Crippen LogP) is 2.88. The van der Waals surface area contributed by atoms with Crippen LogP contribution in [0.15, 0.2) is 61.2 Å². The van der Waals surface area contributed by atoms with Crippen molar-refractivity contribution >= 4 is 5.91 Å². The van der Waals surface area contributed by atoms with Crippen molar-refractivity contribution in [3.63, 3.8) is 0 Å². The summed E-state index contributed by atoms with van der Waals surface area (Å²) >= 11 is 0. The molecule has 0 unspecified atom stereocenters. The molecule has 8 heteroatoms. The molecule has 0 saturated carbocycles. The number of aromatic nitrogens is 3. The Morgan fingerprint density at radius 3 is 1.97 bits per heavy atom. The number of nitrogens with zero attached hydrogens (tertiary/aromatic N) is 5. The zero-order valence-corrected chi connectivity index (χ0v) is 16.5. The first-order valence-corrected chi connectivity index (χ1v) is 9.95. The van der Waals surface area contributed by atoms with Gasteiger partial charge in [-0.2, -0.15) is 5.10 Å². The summed E-state index contributed by atoms with van der Waals surface area (Å²) in [4.78, 5) is 20.5. The number of carbonyl (C=O) groups excluding carboxylic acids is 1. The fourth-order valence-corrected chi connectivity index (χ4v) is 3.85. The summed E-state index contributed by atoms with van der Waals surface area (Å²) < 4.78 is 28.5. The SMILES string of the molecule is O=C(CCn1cncn1)N1CCN(C(c2ccc(F)cc2)c2ccc(F)cc2)CC1. The van der Waals surface area contributed by atoms with Crippen LogP contribution >= 0.6 is 0 Å². The maximum Gasteiger partial charge on any atom is 0.224 e. The molecule has 30 heavy (non-hydrogen) atoms. The largest absolute Gasteiger partial charge is 0.340 e. The van der Waals surface area contributed by atoms with Gasteiger partial charge in [0.25, 0.3) is 0 Å². The number of rotatable bonds is 6. The van der Waals surface area contributed by atoms with Crippen LogP contribution in [0.2, 0.25) is 0 Å². The molecule has 4 rings (SSSR count). The maximum absolute atomic E-state index is 13.4. The van der Waals surface area contributed by atoms with E-state index in [2.05, 4.69) is 15.0 Å². The topological polar surface area (TPSA) is 54.3 Å². The number of amides is 1. The van der Waals surface area contributed by atoms with Gasteiger partial charge in [-0.1, -0.05) is 24.3 Å². The minimum Gasteiger partial charge on any atom is -0.340 e. The molecule has 1 saturated heterocycles. The second-order valence-corrected chi connectivity index (χ2v) is 7.33. The van der Waals surface area contributed by atoms with Gasteiger partial charge in [-0.3, -0.25) is 14.4 Å². The van der Waals surface area contributed by atoms with E-state index in [9.17, 15) is 13.6 Å². The molecule has 3 aromatic rings. The third-order valence-electron chi connectivity index (χ3n) is 5.42. The van der Waals surface area contributed by atoms with Crippen LogP contribution in [0.1, 0.15) is 23.6 Å². The fourth-order valence-electron chi connectivity index (χ4n) is 3.85. The van der Waals surface area contributed by atoms with Crippen LogP contribution in [0.25, 0.3) is 0 Å². The number of carbonyl (C=O) groups is 1. The van der Waals surface area contributed by atoms with Gasteiger partial charge >= 0.3 is 0 Å². The van der Waals surface area contributed by atoms with E-state index < -0.39 is 0 Å². The molecule has 0 atom stereocenters. The van der Waals surface area contributed by atoms with E-state index in [0.717, 1.165) is 11.1 Å². The molecule has 6 nitrogen and oxygen atoms in total. The average molecular weight is 411 g/mol. The van der Waals surface area contributed by atoms with Crippen molar-refractivity contribution in [3.05, 3.63) is 83.9 Å². The molecular weight excluding hydrogens is 388 g/mol. The molecule has 0 spiro atoms. The van der Waals surface area contributed by atoms with Crippen molar-refractivity contribution in [2.45, 2.75) is 19.0 Å². The highest BCUT2D eigenvalue weighted by atomic mass is 19.1. The highest BCUT2D eigenvalue weighted by molar-refractivity contribution is 5.76. The third-order valence-corrected chi connectivity index (χ3v) is 5.42. The lowest BCUT2D eigenvalue weighted by atomic mass is 9.96. The van der Waals surface area contributed by atoms with E-state index in [1.165, 1.54) is 30.6 Å². The van der Waals surface area contributed by atoms with E-state index in [4.69, 9.17) is 0 Å². The molecule has 0 radical (unpaired) electrons. The van der Waals surface area contributed by atoms with Crippen LogP contribution in [-0.2, 0) is 11.3 Å². The fraction of sp³-hybridized carbons (Fsp3) is 0.318. The van der Waals surface area contributed by atoms with Gasteiger partial charge in [-0.05, 0) is 35.4 Å². The zero-order chi connectivity index (χ0) is 20.9. The normalized spacial score (nSPS) is 15.0. The van der Waals surface area contributed by atoms with Crippen molar-refractivity contribution in [3.8, 4) is 0 Å². The molecule has 1 aromatic heterocycles. The van der Waals surface area contributed by atoms with Crippen LogP contribution in [0.3, 0.4) is 0 Å². The van der Waals surface area contributed by atoms with Gasteiger partial charge in [-0.15, -0.1) is 0 Å². The highest BCUT2D eigenvalue weighted by Gasteiger charge is 2.28. The van der Waals surface area contributed by atoms with Crippen LogP contribution in [0.4, 0.5) is 8.78 Å². The number of hydrogen-bond acceptors (Lipinski definition) is 4. The van der Waals surface area contributed by atoms with Gasteiger partial charge < -0.3 is 4.90 Å². The van der Waals surface area contributed by atoms with Crippen LogP contribution in [0.5, 0.6) is 0 Å². The summed E-state index contributed by atoms with van der Waals surface area (Å²) in [5.41, 5.74) is 1.88. The summed E-state index contributed by atoms with van der Waals surface area (Å²) in [6, 6.07) is 12.7. The van der Waals surface area contributed by atoms with Gasteiger partial charge in [0.1, 0.15) is 24.3 Å². The maximum atomic E-state index is 13.4. The molecule has 0 N–H and O–H groups in total. The van der Waals surface area contributed by atoms with Crippen molar-refractivity contribution in [2.24, 2.45) is 0 Å². The molecular formula is C22H23F2N5O. The zero-order valence-electron chi connectivity index (χ0n) is 16.5. The molecule has 1 fully saturated rings. The van der Waals surface area contributed by atoms with E-state index in [1.54, 1.807) is 35.3 Å². The number of halogens is 2. The summed E-state index contributed by atoms with van der Waals surface area (Å²) in [7, 11) is 0. The van der Waals surface area contributed by atoms with Crippen molar-refractivity contribution < 1.29 is 13.6 Å². The van der Waals surface area contributed by atoms with E-state index in [0.29, 0.717) is 39.1 Å². The van der Waals surface area contributed by atoms with Gasteiger partial charge in [-0.25, -0.2) is 13.8 Å². The number of hydrogen-bond donors (Lipinski definition) is 0. The van der Waals surface area contributed by atoms with E-state index >= 15 is 0 Å². The lowest BCUT2D eigenvalue weighted by Gasteiger charge is -2.40. The van der Waals surface area contributed by atoms with Crippen LogP contribution in [-0.4, -0.2) is 56.7 Å². The summed E-state index contributed by atoms with van der Waals surface area (Å²) in [5.74, 6) is -0.496. The smallest absolute Gasteiger partial charge is 0.224 e. The Labute approximate surface area is 173 Å². The summed E-state index contributed by atoms with van der Waals surface area (Å²) in [6.45, 7) is 3.07. The number of benzene rings is 2. The predicted molar refractivity (Wildman–Crippen MR) is 107 cm³/mol. The Hall–Kier alpha value is -3.13. The van der Waals surface area contributed by atoms with Gasteiger partial charge in [0.2, 0.25) is 5.91 Å². The summed E-state index contributed by atoms with van der Waals surface area (Å²) in [5, 5.41) is 4.02. The minimum absolute atomic E-state index is 0.0882. The van der Waals surface area contributed by atoms with Crippen LogP contribution in [0, 0.1) is 11.6 Å². The highest BCUT2D eigenvalue weighted by Crippen LogP contribution is 2.30. The first-order chi connectivity index (χ1) is 14.6. The van der Waals surface area contributed by atoms with Crippen molar-refractivity contribution in [2.75, 3.05) is 26.2 Å². The first kappa shape index (κ1) is 20.2. The molecule has 0 aliphatic carbocycles. The monoisotopic (exact) mass is 411 g/mol. The Morgan fingerprint density at radius 2 is 1.47 bits per heavy atom. The second kappa shape index (κ2) is 9.13. The summed E-state index contributed by atoms with van der Waals surface area (Å²) in [6.07, 6.45) is 3.43. The van der Waals surface area contributed by atoms with E-state index in [-0.39, 0.29) is 23.6 Å². The van der Waals surface area contributed by atoms with Crippen molar-refractivity contribution in [1.82, 2.24) is 24.6 Å². The Balaban J connectivity index is 1.44. The molecule has 1 aliphatic rings. The Bertz CT molecular complexity index is 907.